The van der Waals surface area contributed by atoms with Crippen LogP contribution in [0.2, 0.25) is 39.3 Å². The van der Waals surface area contributed by atoms with Gasteiger partial charge >= 0.3 is 6.09 Å². The van der Waals surface area contributed by atoms with E-state index >= 15 is 4.39 Å². The van der Waals surface area contributed by atoms with E-state index in [9.17, 15) is 14.0 Å². The number of hydrogen-bond acceptors (Lipinski definition) is 4. The zero-order chi connectivity index (χ0) is 34.6. The maximum atomic E-state index is 15.3. The molecule has 48 heavy (non-hydrogen) atoms. The molecule has 1 aliphatic rings. The van der Waals surface area contributed by atoms with Crippen molar-refractivity contribution < 1.29 is 23.1 Å². The van der Waals surface area contributed by atoms with Gasteiger partial charge in [0.2, 0.25) is 5.91 Å². The Kier molecular flexibility index (Phi) is 10.7. The number of benzene rings is 4. The summed E-state index contributed by atoms with van der Waals surface area (Å²) >= 11 is 0. The minimum Gasteiger partial charge on any atom is -0.446 e. The Morgan fingerprint density at radius 2 is 1.46 bits per heavy atom. The van der Waals surface area contributed by atoms with Crippen LogP contribution in [-0.2, 0) is 9.53 Å². The van der Waals surface area contributed by atoms with Crippen molar-refractivity contribution in [3.8, 4) is 0 Å². The van der Waals surface area contributed by atoms with Crippen molar-refractivity contribution in [2.45, 2.75) is 69.7 Å². The maximum Gasteiger partial charge on any atom is 0.417 e. The van der Waals surface area contributed by atoms with Crippen LogP contribution in [0.5, 0.6) is 0 Å². The summed E-state index contributed by atoms with van der Waals surface area (Å²) in [5.41, 5.74) is 2.91. The number of nitrogens with zero attached hydrogens (tertiary/aromatic N) is 1. The Bertz CT molecular complexity index is 1700. The van der Waals surface area contributed by atoms with Crippen molar-refractivity contribution in [2.75, 3.05) is 11.9 Å². The van der Waals surface area contributed by atoms with E-state index in [0.717, 1.165) is 11.1 Å². The molecule has 0 aliphatic carbocycles. The summed E-state index contributed by atoms with van der Waals surface area (Å²) in [7, 11) is -3.63. The maximum absolute atomic E-state index is 15.3. The van der Waals surface area contributed by atoms with E-state index < -0.39 is 40.2 Å². The summed E-state index contributed by atoms with van der Waals surface area (Å²) in [5, 5.41) is 4.83. The quantitative estimate of drug-likeness (QED) is 0.151. The van der Waals surface area contributed by atoms with E-state index in [2.05, 4.69) is 68.9 Å². The lowest BCUT2D eigenvalue weighted by Crippen LogP contribution is -2.43. The van der Waals surface area contributed by atoms with Crippen LogP contribution in [0.1, 0.15) is 47.2 Å². The third kappa shape index (κ3) is 8.13. The molecule has 0 bridgehead atoms. The molecule has 1 heterocycles. The van der Waals surface area contributed by atoms with Gasteiger partial charge in [-0.3, -0.25) is 4.79 Å². The van der Waals surface area contributed by atoms with Crippen LogP contribution in [0.15, 0.2) is 103 Å². The molecule has 4 aromatic carbocycles. The highest BCUT2D eigenvalue weighted by molar-refractivity contribution is 6.88. The molecule has 1 saturated heterocycles. The number of carbonyl (C=O) groups excluding carboxylic acids is 2. The fourth-order valence-corrected chi connectivity index (χ4v) is 10.1. The first kappa shape index (κ1) is 35.2. The fourth-order valence-electron chi connectivity index (χ4n) is 6.69. The number of cyclic esters (lactones) is 1. The average molecular weight is 685 g/mol. The van der Waals surface area contributed by atoms with Gasteiger partial charge in [-0.2, -0.15) is 0 Å². The van der Waals surface area contributed by atoms with Gasteiger partial charge in [0, 0.05) is 5.69 Å². The molecular formula is C39H46F2N2O3Si2. The largest absolute Gasteiger partial charge is 0.446 e. The second-order valence-corrected chi connectivity index (χ2v) is 25.3. The van der Waals surface area contributed by atoms with Crippen LogP contribution in [0.3, 0.4) is 0 Å². The predicted molar refractivity (Wildman–Crippen MR) is 195 cm³/mol. The highest BCUT2D eigenvalue weighted by Crippen LogP contribution is 2.40. The molecule has 1 aliphatic heterocycles. The lowest BCUT2D eigenvalue weighted by atomic mass is 9.86. The Hall–Kier alpha value is -4.09. The number of nitrogens with one attached hydrogen (secondary N) is 1. The Balaban J connectivity index is 1.61. The number of ether oxygens (including phenoxy) is 1. The number of carbonyl (C=O) groups is 2. The topological polar surface area (TPSA) is 58.6 Å². The molecule has 0 aromatic heterocycles. The molecule has 9 heteroatoms. The molecule has 252 valence electrons. The first-order chi connectivity index (χ1) is 22.7. The molecule has 5 rings (SSSR count). The minimum absolute atomic E-state index is 0.0645. The van der Waals surface area contributed by atoms with Crippen molar-refractivity contribution in [3.63, 3.8) is 0 Å². The standard InChI is InChI=1S/C39H46F2N2O3Si2/c1-47(2,3)31-22-16-28(17-23-31)37(42-30-20-18-29(40)19-21-30)33(24-25-36(48(4,5)6)32-14-10-11-15-34(32)41)38(44)43-35(26-46-39(43)45)27-12-8-7-9-13-27/h7-23,33,35-37,42H,24-26H2,1-6H3/t33?,35-,36?,37?/m1/s1. The predicted octanol–water partition coefficient (Wildman–Crippen LogP) is 9.44. The van der Waals surface area contributed by atoms with Gasteiger partial charge in [-0.1, -0.05) is 117 Å². The minimum atomic E-state index is -2.01. The van der Waals surface area contributed by atoms with Gasteiger partial charge in [0.25, 0.3) is 0 Å². The molecule has 2 amide bonds. The third-order valence-corrected chi connectivity index (χ3v) is 14.2. The Labute approximate surface area is 285 Å². The smallest absolute Gasteiger partial charge is 0.417 e. The van der Waals surface area contributed by atoms with Gasteiger partial charge in [0.05, 0.1) is 28.1 Å². The molecule has 1 fully saturated rings. The zero-order valence-electron chi connectivity index (χ0n) is 28.7. The van der Waals surface area contributed by atoms with Crippen molar-refractivity contribution >= 4 is 39.0 Å². The highest BCUT2D eigenvalue weighted by atomic mass is 28.3. The lowest BCUT2D eigenvalue weighted by molar-refractivity contribution is -0.134. The molecule has 0 saturated carbocycles. The van der Waals surface area contributed by atoms with E-state index in [0.29, 0.717) is 24.1 Å². The lowest BCUT2D eigenvalue weighted by Gasteiger charge is -2.35. The molecule has 4 aromatic rings. The van der Waals surface area contributed by atoms with Crippen LogP contribution in [0.4, 0.5) is 19.3 Å². The fraction of sp³-hybridized carbons (Fsp3) is 0.333. The summed E-state index contributed by atoms with van der Waals surface area (Å²) in [6, 6.07) is 29.6. The second-order valence-electron chi connectivity index (χ2n) is 14.8. The molecule has 0 spiro atoms. The molecule has 1 N–H and O–H groups in total. The molecule has 5 nitrogen and oxygen atoms in total. The zero-order valence-corrected chi connectivity index (χ0v) is 30.7. The summed E-state index contributed by atoms with van der Waals surface area (Å²) in [4.78, 5) is 29.6. The van der Waals surface area contributed by atoms with Crippen molar-refractivity contribution in [1.82, 2.24) is 4.90 Å². The Morgan fingerprint density at radius 3 is 2.06 bits per heavy atom. The monoisotopic (exact) mass is 684 g/mol. The second kappa shape index (κ2) is 14.6. The molecule has 0 radical (unpaired) electrons. The molecule has 4 atom stereocenters. The van der Waals surface area contributed by atoms with Crippen LogP contribution >= 0.6 is 0 Å². The van der Waals surface area contributed by atoms with Crippen molar-refractivity contribution in [3.05, 3.63) is 131 Å². The number of imide groups is 1. The van der Waals surface area contributed by atoms with E-state index in [1.54, 1.807) is 18.2 Å². The summed E-state index contributed by atoms with van der Waals surface area (Å²) in [6.07, 6.45) is 0.243. The van der Waals surface area contributed by atoms with Gasteiger partial charge < -0.3 is 10.1 Å². The van der Waals surface area contributed by atoms with Gasteiger partial charge in [0.15, 0.2) is 0 Å². The van der Waals surface area contributed by atoms with Gasteiger partial charge in [-0.05, 0) is 65.4 Å². The van der Waals surface area contributed by atoms with Gasteiger partial charge in [-0.25, -0.2) is 18.5 Å². The number of halogens is 2. The third-order valence-electron chi connectivity index (χ3n) is 9.41. The van der Waals surface area contributed by atoms with Crippen LogP contribution < -0.4 is 10.5 Å². The molecular weight excluding hydrogens is 639 g/mol. The van der Waals surface area contributed by atoms with E-state index in [-0.39, 0.29) is 29.7 Å². The van der Waals surface area contributed by atoms with E-state index in [1.165, 1.54) is 28.3 Å². The number of rotatable bonds is 12. The first-order valence-electron chi connectivity index (χ1n) is 16.7. The number of hydrogen-bond donors (Lipinski definition) is 1. The van der Waals surface area contributed by atoms with Gasteiger partial charge in [-0.15, -0.1) is 0 Å². The van der Waals surface area contributed by atoms with Crippen molar-refractivity contribution in [2.24, 2.45) is 5.92 Å². The van der Waals surface area contributed by atoms with Crippen molar-refractivity contribution in [1.29, 1.82) is 0 Å². The van der Waals surface area contributed by atoms with Crippen LogP contribution in [-0.4, -0.2) is 39.7 Å². The summed E-state index contributed by atoms with van der Waals surface area (Å²) < 4.78 is 34.8. The number of amides is 2. The summed E-state index contributed by atoms with van der Waals surface area (Å²) in [6.45, 7) is 13.6. The van der Waals surface area contributed by atoms with Gasteiger partial charge in [0.1, 0.15) is 24.3 Å². The summed E-state index contributed by atoms with van der Waals surface area (Å²) in [5.74, 6) is -1.71. The molecule has 3 unspecified atom stereocenters. The highest BCUT2D eigenvalue weighted by Gasteiger charge is 2.45. The van der Waals surface area contributed by atoms with E-state index in [4.69, 9.17) is 4.74 Å². The SMILES string of the molecule is C[Si](C)(C)c1ccc(C(Nc2ccc(F)cc2)C(CCC(c2ccccc2F)[Si](C)(C)C)C(=O)N2C(=O)OC[C@@H]2c2ccccc2)cc1. The normalized spacial score (nSPS) is 17.0. The van der Waals surface area contributed by atoms with Crippen LogP contribution in [0, 0.1) is 17.6 Å². The first-order valence-corrected chi connectivity index (χ1v) is 23.7. The van der Waals surface area contributed by atoms with E-state index in [1.807, 2.05) is 42.5 Å². The Morgan fingerprint density at radius 1 is 0.833 bits per heavy atom. The number of anilines is 1. The average Bonchev–Trinajstić information content (AvgIpc) is 3.44. The van der Waals surface area contributed by atoms with Crippen LogP contribution in [0.25, 0.3) is 0 Å².